The number of benzene rings is 1. The van der Waals surface area contributed by atoms with Gasteiger partial charge in [0, 0.05) is 12.5 Å². The number of likely N-dealkylation sites (tertiary alicyclic amines) is 1. The van der Waals surface area contributed by atoms with E-state index >= 15 is 0 Å². The third-order valence-electron chi connectivity index (χ3n) is 5.10. The molecule has 0 saturated carbocycles. The van der Waals surface area contributed by atoms with E-state index in [9.17, 15) is 9.59 Å². The van der Waals surface area contributed by atoms with Gasteiger partial charge in [0.1, 0.15) is 0 Å². The predicted molar refractivity (Wildman–Crippen MR) is 96.3 cm³/mol. The topological polar surface area (TPSA) is 55.8 Å². The lowest BCUT2D eigenvalue weighted by molar-refractivity contribution is -0.141. The van der Waals surface area contributed by atoms with Crippen molar-refractivity contribution < 1.29 is 19.1 Å². The second-order valence-corrected chi connectivity index (χ2v) is 7.06. The summed E-state index contributed by atoms with van der Waals surface area (Å²) >= 11 is 0. The van der Waals surface area contributed by atoms with Gasteiger partial charge in [-0.15, -0.1) is 0 Å². The Balaban J connectivity index is 2.19. The Hall–Kier alpha value is -2.04. The maximum Gasteiger partial charge on any atom is 0.510 e. The van der Waals surface area contributed by atoms with Crippen LogP contribution in [0.2, 0.25) is 0 Å². The zero-order valence-corrected chi connectivity index (χ0v) is 16.1. The van der Waals surface area contributed by atoms with Gasteiger partial charge in [-0.25, -0.2) is 4.79 Å². The van der Waals surface area contributed by atoms with E-state index in [0.717, 1.165) is 16.7 Å². The summed E-state index contributed by atoms with van der Waals surface area (Å²) in [5.41, 5.74) is 4.48. The molecule has 1 heterocycles. The van der Waals surface area contributed by atoms with Crippen LogP contribution in [0, 0.1) is 26.7 Å². The lowest BCUT2D eigenvalue weighted by Gasteiger charge is -2.29. The van der Waals surface area contributed by atoms with Crippen molar-refractivity contribution >= 4 is 12.1 Å². The SMILES string of the molecule is CCOC(=O)OC1CC(C)C(C)N1C(=O)Cc1c(C)cc(C)cc1C. The molecule has 1 saturated heterocycles. The molecule has 0 radical (unpaired) electrons. The summed E-state index contributed by atoms with van der Waals surface area (Å²) in [4.78, 5) is 26.4. The number of amides is 1. The minimum atomic E-state index is -0.714. The summed E-state index contributed by atoms with van der Waals surface area (Å²) in [5, 5.41) is 0. The molecular weight excluding hydrogens is 318 g/mol. The average Bonchev–Trinajstić information content (AvgIpc) is 2.77. The molecule has 3 unspecified atom stereocenters. The zero-order valence-electron chi connectivity index (χ0n) is 16.1. The van der Waals surface area contributed by atoms with Crippen molar-refractivity contribution in [1.82, 2.24) is 4.90 Å². The molecule has 1 aromatic rings. The Labute approximate surface area is 150 Å². The molecular formula is C20H29NO4. The molecule has 1 amide bonds. The van der Waals surface area contributed by atoms with Gasteiger partial charge in [0.2, 0.25) is 5.91 Å². The van der Waals surface area contributed by atoms with Crippen LogP contribution in [0.15, 0.2) is 12.1 Å². The number of rotatable bonds is 4. The van der Waals surface area contributed by atoms with E-state index in [4.69, 9.17) is 9.47 Å². The lowest BCUT2D eigenvalue weighted by atomic mass is 9.96. The Bertz CT molecular complexity index is 632. The van der Waals surface area contributed by atoms with Crippen molar-refractivity contribution in [2.24, 2.45) is 5.92 Å². The Kier molecular flexibility index (Phi) is 6.09. The van der Waals surface area contributed by atoms with Gasteiger partial charge in [0.05, 0.1) is 13.0 Å². The molecule has 5 heteroatoms. The molecule has 25 heavy (non-hydrogen) atoms. The molecule has 0 spiro atoms. The van der Waals surface area contributed by atoms with Crippen LogP contribution >= 0.6 is 0 Å². The lowest BCUT2D eigenvalue weighted by Crippen LogP contribution is -2.43. The number of carbonyl (C=O) groups excluding carboxylic acids is 2. The number of ether oxygens (including phenoxy) is 2. The molecule has 1 aliphatic rings. The fourth-order valence-corrected chi connectivity index (χ4v) is 3.65. The third kappa shape index (κ3) is 4.33. The van der Waals surface area contributed by atoms with Crippen LogP contribution in [0.4, 0.5) is 4.79 Å². The highest BCUT2D eigenvalue weighted by Crippen LogP contribution is 2.31. The standard InChI is InChI=1S/C20H29NO4/c1-7-24-20(23)25-19-10-13(3)16(6)21(19)18(22)11-17-14(4)8-12(2)9-15(17)5/h8-9,13,16,19H,7,10-11H2,1-6H3. The highest BCUT2D eigenvalue weighted by molar-refractivity contribution is 5.80. The Morgan fingerprint density at radius 2 is 1.76 bits per heavy atom. The maximum atomic E-state index is 13.0. The van der Waals surface area contributed by atoms with Gasteiger partial charge in [0.15, 0.2) is 6.23 Å². The van der Waals surface area contributed by atoms with Crippen LogP contribution in [0.5, 0.6) is 0 Å². The maximum absolute atomic E-state index is 13.0. The largest absolute Gasteiger partial charge is 0.510 e. The summed E-state index contributed by atoms with van der Waals surface area (Å²) in [7, 11) is 0. The van der Waals surface area contributed by atoms with E-state index in [2.05, 4.69) is 26.0 Å². The first-order chi connectivity index (χ1) is 11.7. The number of hydrogen-bond donors (Lipinski definition) is 0. The number of hydrogen-bond acceptors (Lipinski definition) is 4. The molecule has 1 aromatic carbocycles. The van der Waals surface area contributed by atoms with Crippen molar-refractivity contribution in [2.75, 3.05) is 6.61 Å². The van der Waals surface area contributed by atoms with Crippen LogP contribution in [0.1, 0.15) is 49.4 Å². The smallest absolute Gasteiger partial charge is 0.435 e. The van der Waals surface area contributed by atoms with Crippen molar-refractivity contribution in [1.29, 1.82) is 0 Å². The van der Waals surface area contributed by atoms with E-state index in [0.29, 0.717) is 12.8 Å². The van der Waals surface area contributed by atoms with E-state index in [1.165, 1.54) is 5.56 Å². The monoisotopic (exact) mass is 347 g/mol. The minimum absolute atomic E-state index is 0.0128. The predicted octanol–water partition coefficient (Wildman–Crippen LogP) is 3.91. The van der Waals surface area contributed by atoms with Gasteiger partial charge in [-0.3, -0.25) is 4.79 Å². The molecule has 138 valence electrons. The summed E-state index contributed by atoms with van der Waals surface area (Å²) < 4.78 is 10.3. The van der Waals surface area contributed by atoms with Gasteiger partial charge in [-0.05, 0) is 57.2 Å². The molecule has 2 rings (SSSR count). The van der Waals surface area contributed by atoms with Crippen molar-refractivity contribution in [3.05, 3.63) is 34.4 Å². The Morgan fingerprint density at radius 1 is 1.16 bits per heavy atom. The van der Waals surface area contributed by atoms with Crippen LogP contribution in [-0.4, -0.2) is 35.8 Å². The molecule has 0 aromatic heterocycles. The van der Waals surface area contributed by atoms with Gasteiger partial charge >= 0.3 is 6.16 Å². The summed E-state index contributed by atoms with van der Waals surface area (Å²) in [5.74, 6) is 0.254. The molecule has 0 aliphatic carbocycles. The van der Waals surface area contributed by atoms with Gasteiger partial charge in [-0.1, -0.05) is 24.6 Å². The van der Waals surface area contributed by atoms with E-state index < -0.39 is 12.4 Å². The summed E-state index contributed by atoms with van der Waals surface area (Å²) in [6.07, 6.45) is -0.313. The normalized spacial score (nSPS) is 22.8. The average molecular weight is 347 g/mol. The first-order valence-corrected chi connectivity index (χ1v) is 8.95. The van der Waals surface area contributed by atoms with Crippen molar-refractivity contribution in [2.45, 2.75) is 66.7 Å². The highest BCUT2D eigenvalue weighted by Gasteiger charge is 2.41. The highest BCUT2D eigenvalue weighted by atomic mass is 16.7. The zero-order chi connectivity index (χ0) is 18.7. The van der Waals surface area contributed by atoms with Crippen LogP contribution < -0.4 is 0 Å². The molecule has 1 aliphatic heterocycles. The van der Waals surface area contributed by atoms with Gasteiger partial charge < -0.3 is 14.4 Å². The first kappa shape index (κ1) is 19.3. The first-order valence-electron chi connectivity index (χ1n) is 8.95. The molecule has 0 bridgehead atoms. The van der Waals surface area contributed by atoms with Crippen LogP contribution in [-0.2, 0) is 20.7 Å². The van der Waals surface area contributed by atoms with E-state index in [-0.39, 0.29) is 24.5 Å². The fraction of sp³-hybridized carbons (Fsp3) is 0.600. The Morgan fingerprint density at radius 3 is 2.32 bits per heavy atom. The molecule has 1 fully saturated rings. The number of carbonyl (C=O) groups is 2. The van der Waals surface area contributed by atoms with Crippen molar-refractivity contribution in [3.8, 4) is 0 Å². The van der Waals surface area contributed by atoms with Crippen LogP contribution in [0.3, 0.4) is 0 Å². The van der Waals surface area contributed by atoms with Crippen LogP contribution in [0.25, 0.3) is 0 Å². The van der Waals surface area contributed by atoms with E-state index in [1.807, 2.05) is 20.8 Å². The second kappa shape index (κ2) is 7.89. The minimum Gasteiger partial charge on any atom is -0.435 e. The molecule has 3 atom stereocenters. The quantitative estimate of drug-likeness (QED) is 0.775. The fourth-order valence-electron chi connectivity index (χ4n) is 3.65. The molecule has 0 N–H and O–H groups in total. The van der Waals surface area contributed by atoms with Crippen molar-refractivity contribution in [3.63, 3.8) is 0 Å². The summed E-state index contributed by atoms with van der Waals surface area (Å²) in [6.45, 7) is 12.2. The molecule has 5 nitrogen and oxygen atoms in total. The summed E-state index contributed by atoms with van der Waals surface area (Å²) in [6, 6.07) is 4.22. The van der Waals surface area contributed by atoms with E-state index in [1.54, 1.807) is 11.8 Å². The number of aryl methyl sites for hydroxylation is 3. The van der Waals surface area contributed by atoms with Gasteiger partial charge in [0.25, 0.3) is 0 Å². The van der Waals surface area contributed by atoms with Gasteiger partial charge in [-0.2, -0.15) is 0 Å². The number of nitrogens with zero attached hydrogens (tertiary/aromatic N) is 1. The third-order valence-corrected chi connectivity index (χ3v) is 5.10. The second-order valence-electron chi connectivity index (χ2n) is 7.06.